The number of hydrogen-bond acceptors (Lipinski definition) is 4. The molecule has 1 N–H and O–H groups in total. The standard InChI is InChI=1S/C18H12F4N2O2S/c19-12-4-1-3-11(7-12)17-24-14(10-27-17)9-16(25)23-13-5-2-6-15(8-13)26-18(20,21)22/h1-8,10H,9H2,(H,23,25). The fourth-order valence-corrected chi connectivity index (χ4v) is 3.10. The summed E-state index contributed by atoms with van der Waals surface area (Å²) in [7, 11) is 0. The van der Waals surface area contributed by atoms with E-state index < -0.39 is 18.0 Å². The smallest absolute Gasteiger partial charge is 0.406 e. The first-order chi connectivity index (χ1) is 12.8. The molecule has 0 radical (unpaired) electrons. The lowest BCUT2D eigenvalue weighted by molar-refractivity contribution is -0.274. The Kier molecular flexibility index (Phi) is 5.41. The molecule has 27 heavy (non-hydrogen) atoms. The number of alkyl halides is 3. The van der Waals surface area contributed by atoms with Crippen LogP contribution in [-0.4, -0.2) is 17.3 Å². The third-order valence-electron chi connectivity index (χ3n) is 3.32. The Morgan fingerprint density at radius 3 is 2.67 bits per heavy atom. The molecule has 0 aliphatic carbocycles. The molecule has 0 saturated carbocycles. The highest BCUT2D eigenvalue weighted by Gasteiger charge is 2.31. The number of halogens is 4. The molecule has 0 bridgehead atoms. The molecule has 0 atom stereocenters. The van der Waals surface area contributed by atoms with Gasteiger partial charge in [-0.1, -0.05) is 18.2 Å². The molecule has 9 heteroatoms. The van der Waals surface area contributed by atoms with Crippen molar-refractivity contribution in [2.75, 3.05) is 5.32 Å². The fraction of sp³-hybridized carbons (Fsp3) is 0.111. The van der Waals surface area contributed by atoms with Crippen LogP contribution >= 0.6 is 11.3 Å². The number of aromatic nitrogens is 1. The Balaban J connectivity index is 1.64. The second-order valence-corrected chi connectivity index (χ2v) is 6.31. The van der Waals surface area contributed by atoms with E-state index >= 15 is 0 Å². The Morgan fingerprint density at radius 1 is 1.15 bits per heavy atom. The van der Waals surface area contributed by atoms with Gasteiger partial charge in [-0.15, -0.1) is 24.5 Å². The molecule has 1 heterocycles. The van der Waals surface area contributed by atoms with Gasteiger partial charge in [0.2, 0.25) is 5.91 Å². The SMILES string of the molecule is O=C(Cc1csc(-c2cccc(F)c2)n1)Nc1cccc(OC(F)(F)F)c1. The lowest BCUT2D eigenvalue weighted by atomic mass is 10.2. The van der Waals surface area contributed by atoms with Gasteiger partial charge in [0.05, 0.1) is 12.1 Å². The summed E-state index contributed by atoms with van der Waals surface area (Å²) in [6, 6.07) is 10.9. The average molecular weight is 396 g/mol. The van der Waals surface area contributed by atoms with E-state index in [0.717, 1.165) is 12.1 Å². The van der Waals surface area contributed by atoms with E-state index in [0.29, 0.717) is 16.3 Å². The maximum absolute atomic E-state index is 13.3. The van der Waals surface area contributed by atoms with Gasteiger partial charge in [-0.2, -0.15) is 0 Å². The molecule has 1 aromatic heterocycles. The maximum Gasteiger partial charge on any atom is 0.573 e. The summed E-state index contributed by atoms with van der Waals surface area (Å²) in [5.74, 6) is -1.26. The normalized spacial score (nSPS) is 11.3. The van der Waals surface area contributed by atoms with Crippen molar-refractivity contribution in [3.8, 4) is 16.3 Å². The number of nitrogens with zero attached hydrogens (tertiary/aromatic N) is 1. The summed E-state index contributed by atoms with van der Waals surface area (Å²) >= 11 is 1.27. The van der Waals surface area contributed by atoms with Crippen LogP contribution in [0.2, 0.25) is 0 Å². The summed E-state index contributed by atoms with van der Waals surface area (Å²) in [6.07, 6.45) is -4.88. The van der Waals surface area contributed by atoms with E-state index in [-0.39, 0.29) is 17.9 Å². The lowest BCUT2D eigenvalue weighted by Crippen LogP contribution is -2.18. The van der Waals surface area contributed by atoms with Crippen LogP contribution in [0.5, 0.6) is 5.75 Å². The van der Waals surface area contributed by atoms with E-state index in [2.05, 4.69) is 15.0 Å². The van der Waals surface area contributed by atoms with E-state index in [1.54, 1.807) is 17.5 Å². The number of carbonyl (C=O) groups excluding carboxylic acids is 1. The lowest BCUT2D eigenvalue weighted by Gasteiger charge is -2.10. The Morgan fingerprint density at radius 2 is 1.93 bits per heavy atom. The predicted molar refractivity (Wildman–Crippen MR) is 93.0 cm³/mol. The monoisotopic (exact) mass is 396 g/mol. The molecule has 0 spiro atoms. The first kappa shape index (κ1) is 18.8. The fourth-order valence-electron chi connectivity index (χ4n) is 2.28. The van der Waals surface area contributed by atoms with Gasteiger partial charge in [-0.05, 0) is 24.3 Å². The topological polar surface area (TPSA) is 51.2 Å². The summed E-state index contributed by atoms with van der Waals surface area (Å²) in [6.45, 7) is 0. The van der Waals surface area contributed by atoms with Crippen molar-refractivity contribution in [3.63, 3.8) is 0 Å². The van der Waals surface area contributed by atoms with Crippen molar-refractivity contribution in [2.24, 2.45) is 0 Å². The number of benzene rings is 2. The largest absolute Gasteiger partial charge is 0.573 e. The number of rotatable bonds is 5. The first-order valence-corrected chi connectivity index (χ1v) is 8.52. The van der Waals surface area contributed by atoms with Crippen molar-refractivity contribution in [2.45, 2.75) is 12.8 Å². The Bertz CT molecular complexity index is 956. The van der Waals surface area contributed by atoms with Crippen LogP contribution in [-0.2, 0) is 11.2 Å². The molecule has 3 aromatic rings. The number of amides is 1. The molecule has 140 valence electrons. The molecule has 2 aromatic carbocycles. The van der Waals surface area contributed by atoms with Crippen molar-refractivity contribution in [3.05, 3.63) is 65.4 Å². The highest BCUT2D eigenvalue weighted by molar-refractivity contribution is 7.13. The molecule has 0 fully saturated rings. The average Bonchev–Trinajstić information content (AvgIpc) is 3.02. The number of nitrogens with one attached hydrogen (secondary N) is 1. The minimum absolute atomic E-state index is 0.0732. The first-order valence-electron chi connectivity index (χ1n) is 7.64. The second-order valence-electron chi connectivity index (χ2n) is 5.45. The number of carbonyl (C=O) groups is 1. The van der Waals surface area contributed by atoms with Crippen molar-refractivity contribution >= 4 is 22.9 Å². The molecular formula is C18H12F4N2O2S. The number of anilines is 1. The zero-order chi connectivity index (χ0) is 19.4. The van der Waals surface area contributed by atoms with E-state index in [4.69, 9.17) is 0 Å². The summed E-state index contributed by atoms with van der Waals surface area (Å²) in [4.78, 5) is 16.4. The quantitative estimate of drug-likeness (QED) is 0.616. The van der Waals surface area contributed by atoms with Crippen molar-refractivity contribution < 1.29 is 27.1 Å². The van der Waals surface area contributed by atoms with Crippen LogP contribution in [0, 0.1) is 5.82 Å². The van der Waals surface area contributed by atoms with Crippen LogP contribution in [0.4, 0.5) is 23.2 Å². The molecular weight excluding hydrogens is 384 g/mol. The summed E-state index contributed by atoms with van der Waals surface area (Å²) < 4.78 is 53.8. The van der Waals surface area contributed by atoms with E-state index in [1.807, 2.05) is 0 Å². The minimum Gasteiger partial charge on any atom is -0.406 e. The van der Waals surface area contributed by atoms with Gasteiger partial charge in [0.1, 0.15) is 16.6 Å². The predicted octanol–water partition coefficient (Wildman–Crippen LogP) is 5.03. The maximum atomic E-state index is 13.3. The number of ether oxygens (including phenoxy) is 1. The van der Waals surface area contributed by atoms with Crippen LogP contribution in [0.1, 0.15) is 5.69 Å². The van der Waals surface area contributed by atoms with Crippen LogP contribution in [0.25, 0.3) is 10.6 Å². The van der Waals surface area contributed by atoms with Gasteiger partial charge in [-0.25, -0.2) is 9.37 Å². The van der Waals surface area contributed by atoms with Crippen molar-refractivity contribution in [1.82, 2.24) is 4.98 Å². The number of hydrogen-bond donors (Lipinski definition) is 1. The third-order valence-corrected chi connectivity index (χ3v) is 4.26. The zero-order valence-electron chi connectivity index (χ0n) is 13.6. The Hall–Kier alpha value is -2.94. The molecule has 1 amide bonds. The highest BCUT2D eigenvalue weighted by atomic mass is 32.1. The third kappa shape index (κ3) is 5.52. The molecule has 3 rings (SSSR count). The Labute approximate surface area is 155 Å². The van der Waals surface area contributed by atoms with E-state index in [9.17, 15) is 22.4 Å². The summed E-state index contributed by atoms with van der Waals surface area (Å²) in [5.41, 5.74) is 1.24. The van der Waals surface area contributed by atoms with Gasteiger partial charge in [0.25, 0.3) is 0 Å². The van der Waals surface area contributed by atoms with Crippen LogP contribution < -0.4 is 10.1 Å². The van der Waals surface area contributed by atoms with Gasteiger partial charge >= 0.3 is 6.36 Å². The van der Waals surface area contributed by atoms with E-state index in [1.165, 1.54) is 35.6 Å². The summed E-state index contributed by atoms with van der Waals surface area (Å²) in [5, 5.41) is 4.73. The molecule has 4 nitrogen and oxygen atoms in total. The second kappa shape index (κ2) is 7.75. The highest BCUT2D eigenvalue weighted by Crippen LogP contribution is 2.26. The minimum atomic E-state index is -4.81. The van der Waals surface area contributed by atoms with Crippen LogP contribution in [0.15, 0.2) is 53.9 Å². The van der Waals surface area contributed by atoms with Gasteiger partial charge in [-0.3, -0.25) is 4.79 Å². The van der Waals surface area contributed by atoms with Gasteiger partial charge in [0.15, 0.2) is 0 Å². The van der Waals surface area contributed by atoms with Gasteiger partial charge < -0.3 is 10.1 Å². The molecule has 0 aliphatic heterocycles. The molecule has 0 aliphatic rings. The van der Waals surface area contributed by atoms with Crippen LogP contribution in [0.3, 0.4) is 0 Å². The number of thiazole rings is 1. The molecule has 0 saturated heterocycles. The zero-order valence-corrected chi connectivity index (χ0v) is 14.4. The van der Waals surface area contributed by atoms with Crippen molar-refractivity contribution in [1.29, 1.82) is 0 Å². The molecule has 0 unspecified atom stereocenters. The van der Waals surface area contributed by atoms with Gasteiger partial charge in [0, 0.05) is 22.7 Å².